The number of esters is 1. The minimum Gasteiger partial charge on any atom is -0.457 e. The summed E-state index contributed by atoms with van der Waals surface area (Å²) >= 11 is 0. The van der Waals surface area contributed by atoms with Crippen molar-refractivity contribution in [3.63, 3.8) is 0 Å². The van der Waals surface area contributed by atoms with Crippen molar-refractivity contribution in [1.29, 1.82) is 0 Å². The lowest BCUT2D eigenvalue weighted by Gasteiger charge is -2.60. The fourth-order valence-corrected chi connectivity index (χ4v) is 8.38. The zero-order valence-electron chi connectivity index (χ0n) is 23.7. The second kappa shape index (κ2) is 10.7. The lowest BCUT2D eigenvalue weighted by atomic mass is 9.46. The molecule has 4 fully saturated rings. The predicted molar refractivity (Wildman–Crippen MR) is 142 cm³/mol. The molecule has 1 N–H and O–H groups in total. The van der Waals surface area contributed by atoms with Gasteiger partial charge in [-0.1, -0.05) is 39.7 Å². The van der Waals surface area contributed by atoms with Gasteiger partial charge in [0.05, 0.1) is 18.6 Å². The first-order valence-corrected chi connectivity index (χ1v) is 14.8. The van der Waals surface area contributed by atoms with Gasteiger partial charge >= 0.3 is 12.1 Å². The third kappa shape index (κ3) is 4.72. The summed E-state index contributed by atoms with van der Waals surface area (Å²) in [7, 11) is 0. The summed E-state index contributed by atoms with van der Waals surface area (Å²) < 4.78 is 32.3. The lowest BCUT2D eigenvalue weighted by Crippen LogP contribution is -2.64. The Labute approximate surface area is 234 Å². The number of carbonyl (C=O) groups excluding carboxylic acids is 4. The van der Waals surface area contributed by atoms with E-state index in [1.807, 2.05) is 20.8 Å². The highest BCUT2D eigenvalue weighted by molar-refractivity contribution is 6.01. The van der Waals surface area contributed by atoms with Crippen LogP contribution in [0.4, 0.5) is 9.18 Å². The van der Waals surface area contributed by atoms with Crippen LogP contribution in [-0.2, 0) is 28.6 Å². The normalized spacial score (nSPS) is 39.9. The van der Waals surface area contributed by atoms with Crippen molar-refractivity contribution in [2.45, 2.75) is 96.4 Å². The van der Waals surface area contributed by atoms with Gasteiger partial charge in [0.25, 0.3) is 0 Å². The van der Waals surface area contributed by atoms with Crippen LogP contribution in [0.25, 0.3) is 0 Å². The van der Waals surface area contributed by atoms with E-state index >= 15 is 4.39 Å². The molecule has 8 nitrogen and oxygen atoms in total. The van der Waals surface area contributed by atoms with Crippen molar-refractivity contribution in [3.05, 3.63) is 23.8 Å². The van der Waals surface area contributed by atoms with Crippen LogP contribution in [0.5, 0.6) is 0 Å². The molecule has 5 aliphatic carbocycles. The zero-order chi connectivity index (χ0) is 28.9. The van der Waals surface area contributed by atoms with Gasteiger partial charge in [-0.15, -0.1) is 0 Å². The van der Waals surface area contributed by atoms with E-state index in [1.165, 1.54) is 12.2 Å². The van der Waals surface area contributed by atoms with Crippen LogP contribution in [0.1, 0.15) is 78.6 Å². The number of halogens is 1. The van der Waals surface area contributed by atoms with Crippen molar-refractivity contribution < 1.29 is 42.9 Å². The Balaban J connectivity index is 1.45. The number of ketones is 2. The number of hydrogen-bond acceptors (Lipinski definition) is 8. The minimum atomic E-state index is -1.68. The number of unbranched alkanes of at least 4 members (excludes halogenated alkanes) is 2. The number of carbonyl (C=O) groups is 4. The molecule has 0 radical (unpaired) electrons. The molecule has 0 saturated heterocycles. The minimum absolute atomic E-state index is 0.104. The maximum Gasteiger partial charge on any atom is 0.509 e. The van der Waals surface area contributed by atoms with Crippen LogP contribution < -0.4 is 0 Å². The standard InChI is InChI=1S/C31H41FO8/c1-4-5-6-13-38-28(37)40-31(25(35)17-39-27(36)18-7-8-18)12-10-21-20-15-23(32)22-14-19(33)9-11-29(22,2)26(20)24(34)16-30(21,31)3/h9,11,14,18,20-21,23-24,26,34H,4-8,10,12-13,15-17H2,1-3H3/t20-,21-,23-,24?,26+,29-,30-,31-/m0/s1. The highest BCUT2D eigenvalue weighted by atomic mass is 19.1. The highest BCUT2D eigenvalue weighted by Gasteiger charge is 2.71. The quantitative estimate of drug-likeness (QED) is 0.315. The van der Waals surface area contributed by atoms with E-state index in [4.69, 9.17) is 14.2 Å². The number of ether oxygens (including phenoxy) is 3. The second-order valence-corrected chi connectivity index (χ2v) is 12.9. The van der Waals surface area contributed by atoms with E-state index in [-0.39, 0.29) is 55.3 Å². The fourth-order valence-electron chi connectivity index (χ4n) is 8.38. The molecule has 5 rings (SSSR count). The molecule has 0 bridgehead atoms. The predicted octanol–water partition coefficient (Wildman–Crippen LogP) is 4.82. The van der Waals surface area contributed by atoms with Crippen molar-refractivity contribution in [2.75, 3.05) is 13.2 Å². The number of fused-ring (bicyclic) bond motifs is 5. The molecule has 4 saturated carbocycles. The summed E-state index contributed by atoms with van der Waals surface area (Å²) in [6.45, 7) is 5.35. The van der Waals surface area contributed by atoms with Crippen LogP contribution in [0, 0.1) is 34.5 Å². The van der Waals surface area contributed by atoms with Gasteiger partial charge in [0.15, 0.2) is 18.0 Å². The Kier molecular flexibility index (Phi) is 7.74. The molecule has 220 valence electrons. The molecular formula is C31H41FO8. The molecule has 0 amide bonds. The van der Waals surface area contributed by atoms with Crippen molar-refractivity contribution >= 4 is 23.7 Å². The van der Waals surface area contributed by atoms with E-state index in [1.54, 1.807) is 6.08 Å². The molecule has 8 atom stereocenters. The molecule has 0 aromatic rings. The fraction of sp³-hybridized carbons (Fsp3) is 0.742. The summed E-state index contributed by atoms with van der Waals surface area (Å²) in [4.78, 5) is 51.2. The Morgan fingerprint density at radius 1 is 1.12 bits per heavy atom. The molecule has 9 heteroatoms. The van der Waals surface area contributed by atoms with Crippen LogP contribution in [0.3, 0.4) is 0 Å². The maximum atomic E-state index is 15.7. The van der Waals surface area contributed by atoms with Crippen LogP contribution in [-0.4, -0.2) is 59.9 Å². The van der Waals surface area contributed by atoms with Crippen molar-refractivity contribution in [2.24, 2.45) is 34.5 Å². The van der Waals surface area contributed by atoms with E-state index in [9.17, 15) is 24.3 Å². The SMILES string of the molecule is CCCCCOC(=O)O[C@]1(C(=O)COC(=O)C2CC2)CC[C@H]2[C@@H]3C[C@H](F)C4=CC(=O)C=C[C@]4(C)[C@H]3C(O)C[C@@]21C. The van der Waals surface area contributed by atoms with Gasteiger partial charge in [-0.25, -0.2) is 9.18 Å². The smallest absolute Gasteiger partial charge is 0.457 e. The molecule has 0 aromatic carbocycles. The van der Waals surface area contributed by atoms with E-state index < -0.39 is 53.2 Å². The van der Waals surface area contributed by atoms with Gasteiger partial charge in [-0.3, -0.25) is 14.4 Å². The molecule has 5 aliphatic rings. The molecular weight excluding hydrogens is 519 g/mol. The number of rotatable bonds is 9. The summed E-state index contributed by atoms with van der Waals surface area (Å²) in [6, 6.07) is 0. The topological polar surface area (TPSA) is 116 Å². The first-order chi connectivity index (χ1) is 19.0. The average molecular weight is 561 g/mol. The molecule has 0 aliphatic heterocycles. The average Bonchev–Trinajstić information content (AvgIpc) is 3.71. The van der Waals surface area contributed by atoms with Gasteiger partial charge in [0, 0.05) is 16.7 Å². The third-order valence-electron chi connectivity index (χ3n) is 10.5. The number of aliphatic hydroxyl groups excluding tert-OH is 1. The zero-order valence-corrected chi connectivity index (χ0v) is 23.7. The number of hydrogen-bond donors (Lipinski definition) is 1. The Morgan fingerprint density at radius 3 is 2.58 bits per heavy atom. The van der Waals surface area contributed by atoms with E-state index in [2.05, 4.69) is 0 Å². The first kappa shape index (κ1) is 29.0. The Bertz CT molecular complexity index is 1130. The first-order valence-electron chi connectivity index (χ1n) is 14.8. The van der Waals surface area contributed by atoms with Crippen molar-refractivity contribution in [1.82, 2.24) is 0 Å². The Hall–Kier alpha value is -2.55. The number of Topliss-reactive ketones (excluding diaryl/α,β-unsaturated/α-hetero) is 1. The molecule has 0 heterocycles. The van der Waals surface area contributed by atoms with Gasteiger partial charge in [-0.05, 0) is 74.5 Å². The van der Waals surface area contributed by atoms with E-state index in [0.29, 0.717) is 18.4 Å². The number of aliphatic hydroxyl groups is 1. The van der Waals surface area contributed by atoms with Gasteiger partial charge in [0.1, 0.15) is 6.17 Å². The number of allylic oxidation sites excluding steroid dienone is 4. The van der Waals surface area contributed by atoms with Crippen LogP contribution in [0.15, 0.2) is 23.8 Å². The monoisotopic (exact) mass is 560 g/mol. The second-order valence-electron chi connectivity index (χ2n) is 12.9. The van der Waals surface area contributed by atoms with Crippen LogP contribution in [0.2, 0.25) is 0 Å². The summed E-state index contributed by atoms with van der Waals surface area (Å²) in [5, 5.41) is 11.7. The van der Waals surface area contributed by atoms with Gasteiger partial charge in [-0.2, -0.15) is 0 Å². The summed E-state index contributed by atoms with van der Waals surface area (Å²) in [6.07, 6.45) is 6.05. The lowest BCUT2D eigenvalue weighted by molar-refractivity contribution is -0.188. The molecule has 1 unspecified atom stereocenters. The molecule has 0 spiro atoms. The summed E-state index contributed by atoms with van der Waals surface area (Å²) in [5.74, 6) is -2.37. The van der Waals surface area contributed by atoms with Gasteiger partial charge in [0.2, 0.25) is 5.78 Å². The molecule has 40 heavy (non-hydrogen) atoms. The number of alkyl halides is 1. The van der Waals surface area contributed by atoms with Crippen LogP contribution >= 0.6 is 0 Å². The van der Waals surface area contributed by atoms with Crippen molar-refractivity contribution in [3.8, 4) is 0 Å². The Morgan fingerprint density at radius 2 is 1.88 bits per heavy atom. The van der Waals surface area contributed by atoms with Gasteiger partial charge < -0.3 is 19.3 Å². The largest absolute Gasteiger partial charge is 0.509 e. The summed E-state index contributed by atoms with van der Waals surface area (Å²) in [5.41, 5.74) is -3.17. The highest BCUT2D eigenvalue weighted by Crippen LogP contribution is 2.68. The maximum absolute atomic E-state index is 15.7. The third-order valence-corrected chi connectivity index (χ3v) is 10.5. The van der Waals surface area contributed by atoms with E-state index in [0.717, 1.165) is 25.7 Å². The molecule has 0 aromatic heterocycles.